The van der Waals surface area contributed by atoms with Crippen LogP contribution in [0.5, 0.6) is 11.5 Å². The van der Waals surface area contributed by atoms with Gasteiger partial charge >= 0.3 is 0 Å². The molecule has 1 heterocycles. The Morgan fingerprint density at radius 1 is 1.14 bits per heavy atom. The molecule has 0 aliphatic carbocycles. The molecule has 1 unspecified atom stereocenters. The van der Waals surface area contributed by atoms with Gasteiger partial charge < -0.3 is 19.7 Å². The number of rotatable bonds is 8. The molecule has 0 aromatic heterocycles. The number of nitrogens with one attached hydrogen (secondary N) is 1. The number of hydrogen-bond acceptors (Lipinski definition) is 4. The number of hydrogen-bond donors (Lipinski definition) is 1. The topological polar surface area (TPSA) is 67.9 Å². The number of carbonyl (C=O) groups is 2. The summed E-state index contributed by atoms with van der Waals surface area (Å²) in [6.45, 7) is 12.6. The van der Waals surface area contributed by atoms with Crippen molar-refractivity contribution in [2.24, 2.45) is 11.3 Å². The van der Waals surface area contributed by atoms with E-state index in [1.54, 1.807) is 0 Å². The molecule has 1 aliphatic rings. The van der Waals surface area contributed by atoms with Gasteiger partial charge in [-0.1, -0.05) is 26.8 Å². The minimum Gasteiger partial charge on any atom is -0.490 e. The van der Waals surface area contributed by atoms with Crippen molar-refractivity contribution in [1.29, 1.82) is 0 Å². The van der Waals surface area contributed by atoms with Crippen LogP contribution in [-0.4, -0.2) is 49.6 Å². The summed E-state index contributed by atoms with van der Waals surface area (Å²) in [5, 5.41) is 3.04. The first-order valence-electron chi connectivity index (χ1n) is 10.7. The van der Waals surface area contributed by atoms with E-state index < -0.39 is 5.41 Å². The molecule has 0 spiro atoms. The van der Waals surface area contributed by atoms with Crippen LogP contribution in [0.1, 0.15) is 53.0 Å². The highest BCUT2D eigenvalue weighted by Gasteiger charge is 2.33. The van der Waals surface area contributed by atoms with E-state index in [1.807, 2.05) is 57.7 Å². The third-order valence-corrected chi connectivity index (χ3v) is 5.04. The fourth-order valence-electron chi connectivity index (χ4n) is 3.58. The van der Waals surface area contributed by atoms with E-state index >= 15 is 0 Å². The molecule has 29 heavy (non-hydrogen) atoms. The van der Waals surface area contributed by atoms with Crippen molar-refractivity contribution in [3.05, 3.63) is 23.8 Å². The second-order valence-corrected chi connectivity index (χ2v) is 8.53. The van der Waals surface area contributed by atoms with Gasteiger partial charge in [0.15, 0.2) is 11.5 Å². The maximum Gasteiger partial charge on any atom is 0.227 e. The zero-order valence-corrected chi connectivity index (χ0v) is 18.5. The van der Waals surface area contributed by atoms with Gasteiger partial charge in [-0.05, 0) is 50.8 Å². The van der Waals surface area contributed by atoms with E-state index in [0.717, 1.165) is 42.9 Å². The molecule has 1 fully saturated rings. The van der Waals surface area contributed by atoms with Crippen LogP contribution in [-0.2, 0) is 16.0 Å². The smallest absolute Gasteiger partial charge is 0.227 e. The quantitative estimate of drug-likeness (QED) is 0.721. The Morgan fingerprint density at radius 3 is 2.48 bits per heavy atom. The summed E-state index contributed by atoms with van der Waals surface area (Å²) < 4.78 is 11.3. The summed E-state index contributed by atoms with van der Waals surface area (Å²) >= 11 is 0. The second-order valence-electron chi connectivity index (χ2n) is 8.53. The lowest BCUT2D eigenvalue weighted by Gasteiger charge is -2.35. The highest BCUT2D eigenvalue weighted by molar-refractivity contribution is 5.83. The lowest BCUT2D eigenvalue weighted by molar-refractivity contribution is -0.142. The number of carbonyl (C=O) groups excluding carboxylic acids is 2. The van der Waals surface area contributed by atoms with E-state index in [-0.39, 0.29) is 17.7 Å². The van der Waals surface area contributed by atoms with Gasteiger partial charge in [0.1, 0.15) is 0 Å². The van der Waals surface area contributed by atoms with Crippen molar-refractivity contribution < 1.29 is 19.1 Å². The third kappa shape index (κ3) is 6.65. The largest absolute Gasteiger partial charge is 0.490 e. The molecule has 0 radical (unpaired) electrons. The van der Waals surface area contributed by atoms with Crippen LogP contribution in [0, 0.1) is 11.3 Å². The fourth-order valence-corrected chi connectivity index (χ4v) is 3.58. The predicted octanol–water partition coefficient (Wildman–Crippen LogP) is 3.43. The summed E-state index contributed by atoms with van der Waals surface area (Å²) in [5.74, 6) is 1.50. The highest BCUT2D eigenvalue weighted by Crippen LogP contribution is 2.28. The first-order valence-corrected chi connectivity index (χ1v) is 10.7. The van der Waals surface area contributed by atoms with Crippen LogP contribution in [0.2, 0.25) is 0 Å². The van der Waals surface area contributed by atoms with Gasteiger partial charge in [0, 0.05) is 25.0 Å². The van der Waals surface area contributed by atoms with Crippen molar-refractivity contribution >= 4 is 11.8 Å². The summed E-state index contributed by atoms with van der Waals surface area (Å²) in [6.07, 6.45) is 2.42. The standard InChI is InChI=1S/C23H36N2O4/c1-6-28-19-11-10-17(15-20(19)29-7-2)12-13-24-21(26)18-9-8-14-25(16-18)22(27)23(3,4)5/h10-11,15,18H,6-9,12-14,16H2,1-5H3,(H,24,26). The Hall–Kier alpha value is -2.24. The number of ether oxygens (including phenoxy) is 2. The average Bonchev–Trinajstić information content (AvgIpc) is 2.69. The number of benzene rings is 1. The number of likely N-dealkylation sites (tertiary alicyclic amines) is 1. The number of amides is 2. The summed E-state index contributed by atoms with van der Waals surface area (Å²) in [4.78, 5) is 27.0. The van der Waals surface area contributed by atoms with Crippen LogP contribution < -0.4 is 14.8 Å². The zero-order chi connectivity index (χ0) is 21.4. The molecule has 1 aromatic rings. The summed E-state index contributed by atoms with van der Waals surface area (Å²) in [5.41, 5.74) is 0.676. The highest BCUT2D eigenvalue weighted by atomic mass is 16.5. The lowest BCUT2D eigenvalue weighted by atomic mass is 9.91. The summed E-state index contributed by atoms with van der Waals surface area (Å²) in [7, 11) is 0. The van der Waals surface area contributed by atoms with Crippen molar-refractivity contribution in [3.63, 3.8) is 0 Å². The van der Waals surface area contributed by atoms with E-state index in [2.05, 4.69) is 5.32 Å². The molecule has 1 atom stereocenters. The third-order valence-electron chi connectivity index (χ3n) is 5.04. The van der Waals surface area contributed by atoms with Crippen molar-refractivity contribution in [3.8, 4) is 11.5 Å². The van der Waals surface area contributed by atoms with E-state index in [1.165, 1.54) is 0 Å². The Morgan fingerprint density at radius 2 is 1.83 bits per heavy atom. The number of piperidine rings is 1. The average molecular weight is 405 g/mol. The molecule has 1 saturated heterocycles. The van der Waals surface area contributed by atoms with Crippen LogP contribution >= 0.6 is 0 Å². The van der Waals surface area contributed by atoms with Crippen LogP contribution in [0.4, 0.5) is 0 Å². The summed E-state index contributed by atoms with van der Waals surface area (Å²) in [6, 6.07) is 5.90. The Balaban J connectivity index is 1.87. The van der Waals surface area contributed by atoms with Gasteiger partial charge in [-0.3, -0.25) is 9.59 Å². The lowest BCUT2D eigenvalue weighted by Crippen LogP contribution is -2.48. The van der Waals surface area contributed by atoms with Gasteiger partial charge in [-0.2, -0.15) is 0 Å². The Kier molecular flexibility index (Phi) is 8.35. The molecule has 2 amide bonds. The second kappa shape index (κ2) is 10.5. The molecule has 1 aliphatic heterocycles. The molecule has 2 rings (SSSR count). The molecule has 6 nitrogen and oxygen atoms in total. The van der Waals surface area contributed by atoms with Gasteiger partial charge in [-0.15, -0.1) is 0 Å². The van der Waals surface area contributed by atoms with Crippen molar-refractivity contribution in [2.75, 3.05) is 32.8 Å². The number of nitrogens with zero attached hydrogens (tertiary/aromatic N) is 1. The molecular formula is C23H36N2O4. The predicted molar refractivity (Wildman–Crippen MR) is 114 cm³/mol. The van der Waals surface area contributed by atoms with Crippen molar-refractivity contribution in [2.45, 2.75) is 53.9 Å². The fraction of sp³-hybridized carbons (Fsp3) is 0.652. The SMILES string of the molecule is CCOc1ccc(CCNC(=O)C2CCCN(C(=O)C(C)(C)C)C2)cc1OCC. The monoisotopic (exact) mass is 404 g/mol. The van der Waals surface area contributed by atoms with Gasteiger partial charge in [-0.25, -0.2) is 0 Å². The maximum absolute atomic E-state index is 12.6. The Labute approximate surface area is 174 Å². The molecule has 0 bridgehead atoms. The van der Waals surface area contributed by atoms with Gasteiger partial charge in [0.25, 0.3) is 0 Å². The molecule has 6 heteroatoms. The van der Waals surface area contributed by atoms with E-state index in [9.17, 15) is 9.59 Å². The first-order chi connectivity index (χ1) is 13.8. The maximum atomic E-state index is 12.6. The molecule has 1 aromatic carbocycles. The molecule has 162 valence electrons. The van der Waals surface area contributed by atoms with Crippen LogP contribution in [0.15, 0.2) is 18.2 Å². The molecule has 1 N–H and O–H groups in total. The Bertz CT molecular complexity index is 697. The van der Waals surface area contributed by atoms with Crippen molar-refractivity contribution in [1.82, 2.24) is 10.2 Å². The van der Waals surface area contributed by atoms with E-state index in [0.29, 0.717) is 26.3 Å². The normalized spacial score (nSPS) is 17.0. The van der Waals surface area contributed by atoms with Crippen LogP contribution in [0.3, 0.4) is 0 Å². The molecular weight excluding hydrogens is 368 g/mol. The zero-order valence-electron chi connectivity index (χ0n) is 18.5. The first kappa shape index (κ1) is 23.0. The van der Waals surface area contributed by atoms with E-state index in [4.69, 9.17) is 9.47 Å². The van der Waals surface area contributed by atoms with Crippen LogP contribution in [0.25, 0.3) is 0 Å². The van der Waals surface area contributed by atoms with Gasteiger partial charge in [0.2, 0.25) is 11.8 Å². The van der Waals surface area contributed by atoms with Gasteiger partial charge in [0.05, 0.1) is 19.1 Å². The molecule has 0 saturated carbocycles. The minimum absolute atomic E-state index is 0.0346. The minimum atomic E-state index is -0.412.